The lowest BCUT2D eigenvalue weighted by atomic mass is 10.2. The van der Waals surface area contributed by atoms with E-state index in [2.05, 4.69) is 15.5 Å². The monoisotopic (exact) mass is 483 g/mol. The molecule has 0 saturated carbocycles. The van der Waals surface area contributed by atoms with Crippen molar-refractivity contribution in [1.29, 1.82) is 0 Å². The Bertz CT molecular complexity index is 1020. The summed E-state index contributed by atoms with van der Waals surface area (Å²) in [7, 11) is 0. The van der Waals surface area contributed by atoms with Crippen molar-refractivity contribution in [3.8, 4) is 10.4 Å². The van der Waals surface area contributed by atoms with Crippen molar-refractivity contribution >= 4 is 64.0 Å². The number of nitrogens with one attached hydrogen (secondary N) is 1. The predicted molar refractivity (Wildman–Crippen MR) is 122 cm³/mol. The zero-order chi connectivity index (χ0) is 21.5. The Hall–Kier alpha value is -2.01. The maximum Gasteiger partial charge on any atom is 0.350 e. The van der Waals surface area contributed by atoms with Gasteiger partial charge in [0.05, 0.1) is 23.8 Å². The Labute approximate surface area is 190 Å². The molecule has 30 heavy (non-hydrogen) atoms. The summed E-state index contributed by atoms with van der Waals surface area (Å²) in [5.41, 5.74) is 1.29. The van der Waals surface area contributed by atoms with Crippen molar-refractivity contribution in [3.63, 3.8) is 0 Å². The van der Waals surface area contributed by atoms with Crippen LogP contribution >= 0.6 is 46.5 Å². The molecule has 0 saturated heterocycles. The number of rotatable bonds is 9. The Balaban J connectivity index is 1.72. The molecule has 3 aromatic rings. The number of nitrogens with zero attached hydrogens (tertiary/aromatic N) is 2. The first-order valence-electron chi connectivity index (χ1n) is 8.81. The quantitative estimate of drug-likeness (QED) is 0.327. The van der Waals surface area contributed by atoms with Crippen molar-refractivity contribution in [2.75, 3.05) is 23.9 Å². The first-order valence-corrected chi connectivity index (χ1v) is 12.4. The van der Waals surface area contributed by atoms with Gasteiger partial charge in [-0.15, -0.1) is 21.5 Å². The maximum absolute atomic E-state index is 12.5. The second-order valence-electron chi connectivity index (χ2n) is 5.81. The maximum atomic E-state index is 12.5. The number of hydrogen-bond donors (Lipinski definition) is 1. The number of esters is 1. The largest absolute Gasteiger partial charge is 0.462 e. The zero-order valence-corrected chi connectivity index (χ0v) is 19.3. The molecule has 2 aromatic heterocycles. The molecule has 0 fully saturated rings. The molecule has 0 radical (unpaired) electrons. The average molecular weight is 484 g/mol. The summed E-state index contributed by atoms with van der Waals surface area (Å²) >= 11 is 9.91. The number of hydrogen-bond acceptors (Lipinski definition) is 9. The summed E-state index contributed by atoms with van der Waals surface area (Å²) in [4.78, 5) is 26.0. The van der Waals surface area contributed by atoms with Crippen molar-refractivity contribution in [2.45, 2.75) is 17.9 Å². The van der Waals surface area contributed by atoms with Gasteiger partial charge in [0.25, 0.3) is 5.22 Å². The summed E-state index contributed by atoms with van der Waals surface area (Å²) in [5.74, 6) is 0.417. The van der Waals surface area contributed by atoms with Gasteiger partial charge in [0.15, 0.2) is 0 Å². The molecule has 0 atom stereocenters. The molecule has 0 aliphatic heterocycles. The molecule has 0 unspecified atom stereocenters. The topological polar surface area (TPSA) is 94.3 Å². The fraction of sp³-hybridized carbons (Fsp3) is 0.263. The van der Waals surface area contributed by atoms with Crippen LogP contribution in [-0.2, 0) is 15.3 Å². The van der Waals surface area contributed by atoms with Gasteiger partial charge >= 0.3 is 5.97 Å². The van der Waals surface area contributed by atoms with Crippen LogP contribution in [0.2, 0.25) is 5.02 Å². The molecule has 2 heterocycles. The smallest absolute Gasteiger partial charge is 0.350 e. The summed E-state index contributed by atoms with van der Waals surface area (Å²) in [6, 6.07) is 9.00. The minimum absolute atomic E-state index is 0.0648. The van der Waals surface area contributed by atoms with Gasteiger partial charge in [-0.05, 0) is 36.9 Å². The molecular formula is C19H18ClN3O4S3. The predicted octanol–water partition coefficient (Wildman–Crippen LogP) is 5.22. The van der Waals surface area contributed by atoms with Crippen LogP contribution in [0.15, 0.2) is 40.0 Å². The lowest BCUT2D eigenvalue weighted by Gasteiger charge is -2.05. The minimum Gasteiger partial charge on any atom is -0.462 e. The Morgan fingerprint density at radius 2 is 2.03 bits per heavy atom. The summed E-state index contributed by atoms with van der Waals surface area (Å²) < 4.78 is 10.6. The molecular weight excluding hydrogens is 466 g/mol. The van der Waals surface area contributed by atoms with Gasteiger partial charge in [-0.1, -0.05) is 35.5 Å². The second-order valence-corrected chi connectivity index (χ2v) is 9.09. The third-order valence-corrected chi connectivity index (χ3v) is 6.41. The third-order valence-electron chi connectivity index (χ3n) is 3.64. The second kappa shape index (κ2) is 10.9. The number of carbonyl (C=O) groups is 2. The number of amides is 1. The van der Waals surface area contributed by atoms with Gasteiger partial charge in [0.1, 0.15) is 4.88 Å². The molecule has 3 rings (SSSR count). The van der Waals surface area contributed by atoms with Crippen LogP contribution in [-0.4, -0.2) is 40.7 Å². The van der Waals surface area contributed by atoms with E-state index in [1.165, 1.54) is 11.3 Å². The number of thiophene rings is 1. The molecule has 0 aliphatic rings. The fourth-order valence-corrected chi connectivity index (χ4v) is 4.46. The van der Waals surface area contributed by atoms with E-state index in [0.717, 1.165) is 22.2 Å². The van der Waals surface area contributed by atoms with E-state index in [-0.39, 0.29) is 18.3 Å². The molecule has 158 valence electrons. The van der Waals surface area contributed by atoms with Crippen LogP contribution < -0.4 is 5.32 Å². The highest BCUT2D eigenvalue weighted by molar-refractivity contribution is 7.99. The Morgan fingerprint density at radius 1 is 1.27 bits per heavy atom. The zero-order valence-electron chi connectivity index (χ0n) is 16.1. The van der Waals surface area contributed by atoms with E-state index in [1.54, 1.807) is 36.9 Å². The minimum atomic E-state index is -0.482. The number of halogens is 1. The van der Waals surface area contributed by atoms with E-state index in [1.807, 2.05) is 18.4 Å². The average Bonchev–Trinajstić information content (AvgIpc) is 3.35. The number of benzene rings is 1. The molecule has 0 spiro atoms. The van der Waals surface area contributed by atoms with Crippen LogP contribution in [0.3, 0.4) is 0 Å². The van der Waals surface area contributed by atoms with Crippen molar-refractivity contribution in [1.82, 2.24) is 10.2 Å². The SMILES string of the molecule is CCOC(=O)c1sc(-c2ccc(Cl)cc2)cc1NC(=O)CSc1nnc(CSC)o1. The summed E-state index contributed by atoms with van der Waals surface area (Å²) in [6.07, 6.45) is 1.94. The van der Waals surface area contributed by atoms with Crippen LogP contribution in [0.4, 0.5) is 5.69 Å². The normalized spacial score (nSPS) is 10.8. The van der Waals surface area contributed by atoms with Gasteiger partial charge < -0.3 is 14.5 Å². The van der Waals surface area contributed by atoms with E-state index in [9.17, 15) is 9.59 Å². The molecule has 1 N–H and O–H groups in total. The third kappa shape index (κ3) is 6.00. The van der Waals surface area contributed by atoms with Gasteiger partial charge in [-0.25, -0.2) is 4.79 Å². The van der Waals surface area contributed by atoms with E-state index >= 15 is 0 Å². The van der Waals surface area contributed by atoms with Crippen LogP contribution in [0.5, 0.6) is 0 Å². The number of anilines is 1. The number of carbonyl (C=O) groups excluding carboxylic acids is 2. The van der Waals surface area contributed by atoms with E-state index in [4.69, 9.17) is 20.8 Å². The molecule has 1 amide bonds. The Morgan fingerprint density at radius 3 is 2.73 bits per heavy atom. The highest BCUT2D eigenvalue weighted by Crippen LogP contribution is 2.36. The molecule has 7 nitrogen and oxygen atoms in total. The molecule has 0 bridgehead atoms. The Kier molecular flexibility index (Phi) is 8.20. The van der Waals surface area contributed by atoms with Crippen molar-refractivity contribution in [2.24, 2.45) is 0 Å². The lowest BCUT2D eigenvalue weighted by Crippen LogP contribution is -2.16. The van der Waals surface area contributed by atoms with Gasteiger partial charge in [-0.2, -0.15) is 11.8 Å². The highest BCUT2D eigenvalue weighted by atomic mass is 35.5. The summed E-state index contributed by atoms with van der Waals surface area (Å²) in [6.45, 7) is 1.97. The van der Waals surface area contributed by atoms with Crippen LogP contribution in [0.1, 0.15) is 22.5 Å². The number of ether oxygens (including phenoxy) is 1. The number of aromatic nitrogens is 2. The van der Waals surface area contributed by atoms with Crippen molar-refractivity contribution in [3.05, 3.63) is 46.1 Å². The van der Waals surface area contributed by atoms with Gasteiger partial charge in [0.2, 0.25) is 11.8 Å². The molecule has 0 aliphatic carbocycles. The standard InChI is InChI=1S/C19H18ClN3O4S3/c1-3-26-18(25)17-13(8-14(30-17)11-4-6-12(20)7-5-11)21-15(24)9-29-19-23-22-16(27-19)10-28-2/h4-8H,3,9-10H2,1-2H3,(H,21,24). The fourth-order valence-electron chi connectivity index (χ4n) is 2.38. The van der Waals surface area contributed by atoms with Gasteiger partial charge in [0, 0.05) is 9.90 Å². The summed E-state index contributed by atoms with van der Waals surface area (Å²) in [5, 5.41) is 11.5. The van der Waals surface area contributed by atoms with E-state index < -0.39 is 5.97 Å². The van der Waals surface area contributed by atoms with E-state index in [0.29, 0.717) is 32.5 Å². The first-order chi connectivity index (χ1) is 14.5. The number of thioether (sulfide) groups is 2. The van der Waals surface area contributed by atoms with Crippen molar-refractivity contribution < 1.29 is 18.7 Å². The highest BCUT2D eigenvalue weighted by Gasteiger charge is 2.20. The van der Waals surface area contributed by atoms with Crippen LogP contribution in [0.25, 0.3) is 10.4 Å². The van der Waals surface area contributed by atoms with Gasteiger partial charge in [-0.3, -0.25) is 4.79 Å². The molecule has 11 heteroatoms. The lowest BCUT2D eigenvalue weighted by molar-refractivity contribution is -0.113. The van der Waals surface area contributed by atoms with Crippen LogP contribution in [0, 0.1) is 0 Å². The molecule has 1 aromatic carbocycles. The first kappa shape index (κ1) is 22.7.